The Labute approximate surface area is 41.9 Å². The van der Waals surface area contributed by atoms with Crippen LogP contribution >= 0.6 is 8.19 Å². The second kappa shape index (κ2) is 1.90. The van der Waals surface area contributed by atoms with Crippen LogP contribution in [0.25, 0.3) is 0 Å². The molecule has 0 aliphatic rings. The molecule has 1 rings (SSSR count). The lowest BCUT2D eigenvalue weighted by Crippen LogP contribution is -1.88. The molecule has 0 aromatic carbocycles. The smallest absolute Gasteiger partial charge is 0.340 e. The summed E-state index contributed by atoms with van der Waals surface area (Å²) in [6.07, 6.45) is 1.39. The van der Waals surface area contributed by atoms with Crippen LogP contribution in [0.3, 0.4) is 0 Å². The topological polar surface area (TPSA) is 30.2 Å². The van der Waals surface area contributed by atoms with E-state index in [-0.39, 0.29) is 5.63 Å². The Balaban J connectivity index is 3.28. The Hall–Kier alpha value is -0.620. The molecule has 0 amide bonds. The van der Waals surface area contributed by atoms with Crippen molar-refractivity contribution in [2.45, 2.75) is 0 Å². The molecule has 3 heteroatoms. The quantitative estimate of drug-likeness (QED) is 0.507. The van der Waals surface area contributed by atoms with Gasteiger partial charge < -0.3 is 4.42 Å². The first-order valence-electron chi connectivity index (χ1n) is 1.78. The summed E-state index contributed by atoms with van der Waals surface area (Å²) in [7, 11) is 0.912. The highest BCUT2D eigenvalue weighted by atomic mass is 31.0. The molecule has 1 aromatic rings. The fraction of sp³-hybridized carbons (Fsp3) is 0. The maximum absolute atomic E-state index is 10.1. The summed E-state index contributed by atoms with van der Waals surface area (Å²) < 4.78 is 4.40. The zero-order chi connectivity index (χ0) is 5.11. The van der Waals surface area contributed by atoms with Crippen molar-refractivity contribution >= 4 is 8.19 Å². The summed E-state index contributed by atoms with van der Waals surface area (Å²) >= 11 is 0. The van der Waals surface area contributed by atoms with Crippen molar-refractivity contribution in [2.24, 2.45) is 0 Å². The monoisotopic (exact) mass is 114 g/mol. The van der Waals surface area contributed by atoms with E-state index < -0.39 is 0 Å². The minimum absolute atomic E-state index is 0.260. The maximum atomic E-state index is 10.1. The molecule has 0 radical (unpaired) electrons. The van der Waals surface area contributed by atoms with Gasteiger partial charge in [-0.3, -0.25) is 0 Å². The van der Waals surface area contributed by atoms with E-state index in [9.17, 15) is 4.79 Å². The minimum atomic E-state index is -0.260. The first-order valence-corrected chi connectivity index (χ1v) is 2.82. The maximum Gasteiger partial charge on any atom is 0.340 e. The van der Waals surface area contributed by atoms with Crippen molar-refractivity contribution in [1.82, 2.24) is 0 Å². The van der Waals surface area contributed by atoms with Crippen LogP contribution in [0, 0.1) is 0 Å². The van der Waals surface area contributed by atoms with Gasteiger partial charge >= 0.3 is 5.63 Å². The fourth-order valence-electron chi connectivity index (χ4n) is 0.267. The Bertz CT molecular complexity index is 175. The van der Waals surface area contributed by atoms with Crippen molar-refractivity contribution in [3.63, 3.8) is 0 Å². The van der Waals surface area contributed by atoms with Crippen LogP contribution in [0.4, 0.5) is 0 Å². The van der Waals surface area contributed by atoms with Crippen LogP contribution in [0.5, 0.6) is 0 Å². The van der Waals surface area contributed by atoms with Gasteiger partial charge in [-0.2, -0.15) is 0 Å². The molecular formula is C4H3O2P. The van der Waals surface area contributed by atoms with Crippen molar-refractivity contribution in [3.05, 3.63) is 28.3 Å². The van der Waals surface area contributed by atoms with Gasteiger partial charge in [-0.15, -0.1) is 0 Å². The van der Waals surface area contributed by atoms with E-state index >= 15 is 0 Å². The van der Waals surface area contributed by atoms with Gasteiger partial charge in [0, 0.05) is 5.80 Å². The van der Waals surface area contributed by atoms with E-state index in [1.54, 1.807) is 5.80 Å². The molecule has 0 aliphatic heterocycles. The molecule has 1 heterocycles. The first kappa shape index (κ1) is 4.54. The van der Waals surface area contributed by atoms with Gasteiger partial charge in [-0.25, -0.2) is 4.79 Å². The largest absolute Gasteiger partial charge is 0.431 e. The lowest BCUT2D eigenvalue weighted by molar-refractivity contribution is 0.516. The van der Waals surface area contributed by atoms with Crippen LogP contribution in [0.2, 0.25) is 0 Å². The van der Waals surface area contributed by atoms with Crippen molar-refractivity contribution in [1.29, 1.82) is 0 Å². The highest BCUT2D eigenvalue weighted by Crippen LogP contribution is 1.93. The predicted molar refractivity (Wildman–Crippen MR) is 27.5 cm³/mol. The van der Waals surface area contributed by atoms with Crippen molar-refractivity contribution < 1.29 is 4.42 Å². The molecule has 0 bridgehead atoms. The lowest BCUT2D eigenvalue weighted by Gasteiger charge is -1.71. The van der Waals surface area contributed by atoms with Crippen molar-refractivity contribution in [2.75, 3.05) is 0 Å². The Morgan fingerprint density at radius 2 is 2.57 bits per heavy atom. The molecule has 36 valence electrons. The standard InChI is InChI=1S/C4H3O2P/c5-4-3-7-2-1-6-4/h1-3H. The lowest BCUT2D eigenvalue weighted by atomic mass is 11.0. The molecule has 7 heavy (non-hydrogen) atoms. The second-order valence-electron chi connectivity index (χ2n) is 1.00. The highest BCUT2D eigenvalue weighted by Gasteiger charge is 1.73. The number of rotatable bonds is 0. The van der Waals surface area contributed by atoms with Crippen LogP contribution in [-0.2, 0) is 0 Å². The summed E-state index contributed by atoms with van der Waals surface area (Å²) in [5, 5.41) is 0. The third-order valence-corrected chi connectivity index (χ3v) is 1.16. The molecule has 0 fully saturated rings. The van der Waals surface area contributed by atoms with E-state index in [2.05, 4.69) is 4.42 Å². The second-order valence-corrected chi connectivity index (χ2v) is 1.85. The molecule has 0 atom stereocenters. The Kier molecular flexibility index (Phi) is 1.23. The van der Waals surface area contributed by atoms with Crippen LogP contribution in [-0.4, -0.2) is 0 Å². The number of hydrogen-bond donors (Lipinski definition) is 0. The van der Waals surface area contributed by atoms with E-state index in [1.807, 2.05) is 0 Å². The highest BCUT2D eigenvalue weighted by molar-refractivity contribution is 7.28. The third kappa shape index (κ3) is 1.13. The Morgan fingerprint density at radius 1 is 1.71 bits per heavy atom. The molecule has 0 aliphatic carbocycles. The fourth-order valence-corrected chi connectivity index (χ4v) is 0.667. The van der Waals surface area contributed by atoms with Gasteiger partial charge in [0.1, 0.15) is 0 Å². The molecule has 0 saturated carbocycles. The van der Waals surface area contributed by atoms with E-state index in [0.29, 0.717) is 0 Å². The van der Waals surface area contributed by atoms with Crippen LogP contribution < -0.4 is 5.63 Å². The van der Waals surface area contributed by atoms with Gasteiger partial charge in [0.25, 0.3) is 0 Å². The molecule has 0 N–H and O–H groups in total. The van der Waals surface area contributed by atoms with E-state index in [1.165, 1.54) is 12.1 Å². The first-order chi connectivity index (χ1) is 3.39. The van der Waals surface area contributed by atoms with Gasteiger partial charge in [-0.1, -0.05) is 8.19 Å². The molecule has 2 nitrogen and oxygen atoms in total. The van der Waals surface area contributed by atoms with Gasteiger partial charge in [0.2, 0.25) is 0 Å². The SMILES string of the molecule is O=c1cpcco1. The predicted octanol–water partition coefficient (Wildman–Crippen LogP) is 1.22. The number of hydrogen-bond acceptors (Lipinski definition) is 2. The van der Waals surface area contributed by atoms with Crippen LogP contribution in [0.15, 0.2) is 27.1 Å². The summed E-state index contributed by atoms with van der Waals surface area (Å²) in [6.45, 7) is 0. The summed E-state index contributed by atoms with van der Waals surface area (Å²) in [5.41, 5.74) is -0.260. The molecule has 0 unspecified atom stereocenters. The van der Waals surface area contributed by atoms with Gasteiger partial charge in [0.05, 0.1) is 12.1 Å². The summed E-state index contributed by atoms with van der Waals surface area (Å²) in [4.78, 5) is 10.1. The zero-order valence-electron chi connectivity index (χ0n) is 3.50. The molecule has 0 spiro atoms. The molecular weight excluding hydrogens is 111 g/mol. The van der Waals surface area contributed by atoms with Crippen LogP contribution in [0.1, 0.15) is 0 Å². The van der Waals surface area contributed by atoms with E-state index in [4.69, 9.17) is 0 Å². The van der Waals surface area contributed by atoms with Gasteiger partial charge in [-0.05, 0) is 0 Å². The van der Waals surface area contributed by atoms with E-state index in [0.717, 1.165) is 8.19 Å². The molecule has 0 saturated heterocycles. The average molecular weight is 114 g/mol. The van der Waals surface area contributed by atoms with Crippen molar-refractivity contribution in [3.8, 4) is 0 Å². The summed E-state index contributed by atoms with van der Waals surface area (Å²) in [6, 6.07) is 0. The van der Waals surface area contributed by atoms with Gasteiger partial charge in [0.15, 0.2) is 0 Å². The summed E-state index contributed by atoms with van der Waals surface area (Å²) in [5.74, 6) is 3.21. The normalized spacial score (nSPS) is 9.71. The Morgan fingerprint density at radius 3 is 2.86 bits per heavy atom. The minimum Gasteiger partial charge on any atom is -0.431 e. The zero-order valence-corrected chi connectivity index (χ0v) is 4.39. The molecule has 1 aromatic heterocycles. The third-order valence-electron chi connectivity index (χ3n) is 0.511. The average Bonchev–Trinajstić information content (AvgIpc) is 1.69.